The lowest BCUT2D eigenvalue weighted by molar-refractivity contribution is -0.121. The van der Waals surface area contributed by atoms with Crippen LogP contribution in [0.3, 0.4) is 0 Å². The Morgan fingerprint density at radius 1 is 0.920 bits per heavy atom. The van der Waals surface area contributed by atoms with Gasteiger partial charge in [0.1, 0.15) is 5.75 Å². The standard InChI is InChI=1S/C21H32N2O2/c24-20-15-11-10-12-18(20)16-17-21(25)23-22-19-13-8-6-4-2-1-3-5-7-9-14-19/h10-12,15,24H,1-9,13-14,16-17H2,(H,23,25). The molecule has 0 aromatic heterocycles. The normalized spacial score (nSPS) is 17.2. The van der Waals surface area contributed by atoms with E-state index in [2.05, 4.69) is 10.5 Å². The van der Waals surface area contributed by atoms with E-state index < -0.39 is 0 Å². The second-order valence-electron chi connectivity index (χ2n) is 7.02. The van der Waals surface area contributed by atoms with Crippen molar-refractivity contribution in [1.82, 2.24) is 5.43 Å². The van der Waals surface area contributed by atoms with Crippen molar-refractivity contribution in [2.24, 2.45) is 5.10 Å². The first-order chi connectivity index (χ1) is 12.3. The number of aryl methyl sites for hydroxylation is 1. The van der Waals surface area contributed by atoms with Gasteiger partial charge in [0.25, 0.3) is 0 Å². The Hall–Kier alpha value is -1.84. The van der Waals surface area contributed by atoms with Crippen molar-refractivity contribution in [3.05, 3.63) is 29.8 Å². The highest BCUT2D eigenvalue weighted by molar-refractivity contribution is 5.86. The van der Waals surface area contributed by atoms with Crippen LogP contribution >= 0.6 is 0 Å². The molecule has 1 aromatic rings. The van der Waals surface area contributed by atoms with Crippen molar-refractivity contribution < 1.29 is 9.90 Å². The topological polar surface area (TPSA) is 61.7 Å². The second-order valence-corrected chi connectivity index (χ2v) is 7.02. The smallest absolute Gasteiger partial charge is 0.240 e. The first-order valence-corrected chi connectivity index (χ1v) is 9.87. The van der Waals surface area contributed by atoms with E-state index in [4.69, 9.17) is 0 Å². The summed E-state index contributed by atoms with van der Waals surface area (Å²) >= 11 is 0. The van der Waals surface area contributed by atoms with Crippen molar-refractivity contribution in [3.63, 3.8) is 0 Å². The maximum absolute atomic E-state index is 12.0. The fraction of sp³-hybridized carbons (Fsp3) is 0.619. The molecule has 1 amide bonds. The summed E-state index contributed by atoms with van der Waals surface area (Å²) in [6, 6.07) is 7.16. The van der Waals surface area contributed by atoms with Gasteiger partial charge < -0.3 is 5.11 Å². The van der Waals surface area contributed by atoms with E-state index >= 15 is 0 Å². The summed E-state index contributed by atoms with van der Waals surface area (Å²) in [7, 11) is 0. The molecule has 0 bridgehead atoms. The van der Waals surface area contributed by atoms with Crippen molar-refractivity contribution >= 4 is 11.6 Å². The van der Waals surface area contributed by atoms with E-state index in [0.29, 0.717) is 12.8 Å². The van der Waals surface area contributed by atoms with Crippen LogP contribution in [0.2, 0.25) is 0 Å². The molecule has 25 heavy (non-hydrogen) atoms. The summed E-state index contributed by atoms with van der Waals surface area (Å²) in [5, 5.41) is 14.1. The number of carbonyl (C=O) groups is 1. The second kappa shape index (κ2) is 11.7. The monoisotopic (exact) mass is 344 g/mol. The van der Waals surface area contributed by atoms with Crippen LogP contribution in [0.25, 0.3) is 0 Å². The molecule has 4 nitrogen and oxygen atoms in total. The average molecular weight is 344 g/mol. The molecule has 0 radical (unpaired) electrons. The number of nitrogens with one attached hydrogen (secondary N) is 1. The Balaban J connectivity index is 1.77. The van der Waals surface area contributed by atoms with Crippen LogP contribution < -0.4 is 5.43 Å². The molecule has 4 heteroatoms. The van der Waals surface area contributed by atoms with Gasteiger partial charge in [0.15, 0.2) is 0 Å². The van der Waals surface area contributed by atoms with Gasteiger partial charge in [0.05, 0.1) is 0 Å². The van der Waals surface area contributed by atoms with E-state index in [1.54, 1.807) is 12.1 Å². The maximum Gasteiger partial charge on any atom is 0.240 e. The lowest BCUT2D eigenvalue weighted by Gasteiger charge is -2.10. The third-order valence-electron chi connectivity index (χ3n) is 4.88. The molecule has 1 fully saturated rings. The number of phenols is 1. The van der Waals surface area contributed by atoms with Gasteiger partial charge >= 0.3 is 0 Å². The van der Waals surface area contributed by atoms with Gasteiger partial charge in [0, 0.05) is 12.1 Å². The van der Waals surface area contributed by atoms with E-state index in [9.17, 15) is 9.90 Å². The number of phenolic OH excluding ortho intramolecular Hbond substituents is 1. The SMILES string of the molecule is O=C(CCc1ccccc1O)NN=C1CCCCCCCCCCC1. The molecule has 0 atom stereocenters. The van der Waals surface area contributed by atoms with Crippen molar-refractivity contribution in [1.29, 1.82) is 0 Å². The molecule has 0 saturated heterocycles. The maximum atomic E-state index is 12.0. The molecule has 1 aliphatic carbocycles. The first kappa shape index (κ1) is 19.5. The van der Waals surface area contributed by atoms with E-state index in [1.165, 1.54) is 57.8 Å². The molecule has 138 valence electrons. The summed E-state index contributed by atoms with van der Waals surface area (Å²) in [5.41, 5.74) is 4.66. The molecule has 0 spiro atoms. The predicted molar refractivity (Wildman–Crippen MR) is 103 cm³/mol. The average Bonchev–Trinajstić information content (AvgIpc) is 2.60. The number of nitrogens with zero attached hydrogens (tertiary/aromatic N) is 1. The Morgan fingerprint density at radius 2 is 1.48 bits per heavy atom. The minimum atomic E-state index is -0.0816. The first-order valence-electron chi connectivity index (χ1n) is 9.87. The van der Waals surface area contributed by atoms with Crippen LogP contribution in [0, 0.1) is 0 Å². The quantitative estimate of drug-likeness (QED) is 0.746. The summed E-state index contributed by atoms with van der Waals surface area (Å²) in [6.07, 6.45) is 14.5. The highest BCUT2D eigenvalue weighted by Gasteiger charge is 2.07. The predicted octanol–water partition coefficient (Wildman–Crippen LogP) is 5.10. The number of hydrogen-bond acceptors (Lipinski definition) is 3. The summed E-state index contributed by atoms with van der Waals surface area (Å²) in [4.78, 5) is 12.0. The molecule has 0 heterocycles. The molecule has 1 aromatic carbocycles. The fourth-order valence-electron chi connectivity index (χ4n) is 3.30. The molecular formula is C21H32N2O2. The zero-order valence-electron chi connectivity index (χ0n) is 15.3. The van der Waals surface area contributed by atoms with Crippen LogP contribution in [0.1, 0.15) is 82.6 Å². The molecule has 1 saturated carbocycles. The van der Waals surface area contributed by atoms with Crippen molar-refractivity contribution in [2.75, 3.05) is 0 Å². The Bertz CT molecular complexity index is 541. The van der Waals surface area contributed by atoms with Crippen molar-refractivity contribution in [2.45, 2.75) is 83.5 Å². The van der Waals surface area contributed by atoms with Crippen LogP contribution in [0.15, 0.2) is 29.4 Å². The van der Waals surface area contributed by atoms with E-state index in [-0.39, 0.29) is 11.7 Å². The minimum absolute atomic E-state index is 0.0816. The largest absolute Gasteiger partial charge is 0.508 e. The molecule has 2 rings (SSSR count). The van der Waals surface area contributed by atoms with Gasteiger partial charge in [-0.25, -0.2) is 5.43 Å². The lowest BCUT2D eigenvalue weighted by Crippen LogP contribution is -2.20. The van der Waals surface area contributed by atoms with Gasteiger partial charge in [0.2, 0.25) is 5.91 Å². The lowest BCUT2D eigenvalue weighted by atomic mass is 10.00. The summed E-state index contributed by atoms with van der Waals surface area (Å²) < 4.78 is 0. The Morgan fingerprint density at radius 3 is 2.08 bits per heavy atom. The number of carbonyl (C=O) groups excluding carboxylic acids is 1. The minimum Gasteiger partial charge on any atom is -0.508 e. The number of hydrogen-bond donors (Lipinski definition) is 2. The Labute approximate surface area is 151 Å². The van der Waals surface area contributed by atoms with Crippen LogP contribution in [0.4, 0.5) is 0 Å². The van der Waals surface area contributed by atoms with Gasteiger partial charge in [-0.3, -0.25) is 4.79 Å². The number of amides is 1. The highest BCUT2D eigenvalue weighted by atomic mass is 16.3. The molecule has 0 unspecified atom stereocenters. The zero-order chi connectivity index (χ0) is 17.7. The number of aromatic hydroxyl groups is 1. The van der Waals surface area contributed by atoms with E-state index in [0.717, 1.165) is 24.1 Å². The van der Waals surface area contributed by atoms with Crippen LogP contribution in [-0.4, -0.2) is 16.7 Å². The van der Waals surface area contributed by atoms with Gasteiger partial charge in [-0.05, 0) is 43.7 Å². The molecular weight excluding hydrogens is 312 g/mol. The van der Waals surface area contributed by atoms with Gasteiger partial charge in [-0.1, -0.05) is 63.1 Å². The third-order valence-corrected chi connectivity index (χ3v) is 4.88. The number of benzene rings is 1. The summed E-state index contributed by atoms with van der Waals surface area (Å²) in [6.45, 7) is 0. The van der Waals surface area contributed by atoms with Crippen LogP contribution in [0.5, 0.6) is 5.75 Å². The van der Waals surface area contributed by atoms with Gasteiger partial charge in [-0.2, -0.15) is 5.10 Å². The number of hydrazone groups is 1. The fourth-order valence-corrected chi connectivity index (χ4v) is 3.30. The van der Waals surface area contributed by atoms with Crippen LogP contribution in [-0.2, 0) is 11.2 Å². The molecule has 1 aliphatic rings. The third kappa shape index (κ3) is 8.19. The van der Waals surface area contributed by atoms with E-state index in [1.807, 2.05) is 12.1 Å². The number of para-hydroxylation sites is 1. The summed E-state index contributed by atoms with van der Waals surface area (Å²) in [5.74, 6) is 0.169. The molecule has 0 aliphatic heterocycles. The van der Waals surface area contributed by atoms with Crippen molar-refractivity contribution in [3.8, 4) is 5.75 Å². The highest BCUT2D eigenvalue weighted by Crippen LogP contribution is 2.17. The molecule has 2 N–H and O–H groups in total. The zero-order valence-corrected chi connectivity index (χ0v) is 15.3. The van der Waals surface area contributed by atoms with Gasteiger partial charge in [-0.15, -0.1) is 0 Å². The Kier molecular flexibility index (Phi) is 9.09. The number of rotatable bonds is 4.